The summed E-state index contributed by atoms with van der Waals surface area (Å²) in [6.45, 7) is 4.98. The highest BCUT2D eigenvalue weighted by atomic mass is 16.5. The van der Waals surface area contributed by atoms with Crippen molar-refractivity contribution < 1.29 is 4.74 Å². The Bertz CT molecular complexity index is 592. The summed E-state index contributed by atoms with van der Waals surface area (Å²) >= 11 is 0. The van der Waals surface area contributed by atoms with Gasteiger partial charge in [-0.3, -0.25) is 0 Å². The summed E-state index contributed by atoms with van der Waals surface area (Å²) in [6.07, 6.45) is 1.95. The van der Waals surface area contributed by atoms with Crippen molar-refractivity contribution >= 4 is 0 Å². The van der Waals surface area contributed by atoms with Crippen molar-refractivity contribution in [2.45, 2.75) is 32.6 Å². The van der Waals surface area contributed by atoms with E-state index in [0.717, 1.165) is 18.6 Å². The summed E-state index contributed by atoms with van der Waals surface area (Å²) in [7, 11) is 1.73. The first kappa shape index (κ1) is 15.6. The van der Waals surface area contributed by atoms with E-state index in [1.165, 1.54) is 22.3 Å². The van der Waals surface area contributed by atoms with Gasteiger partial charge in [0.15, 0.2) is 0 Å². The molecule has 0 amide bonds. The fourth-order valence-corrected chi connectivity index (χ4v) is 2.88. The van der Waals surface area contributed by atoms with Crippen molar-refractivity contribution in [1.29, 1.82) is 0 Å². The van der Waals surface area contributed by atoms with E-state index in [1.807, 2.05) is 0 Å². The fourth-order valence-electron chi connectivity index (χ4n) is 2.88. The zero-order valence-electron chi connectivity index (χ0n) is 13.2. The van der Waals surface area contributed by atoms with Gasteiger partial charge in [0, 0.05) is 5.92 Å². The predicted octanol–water partition coefficient (Wildman–Crippen LogP) is 3.85. The molecular formula is C19H25NO. The zero-order chi connectivity index (χ0) is 15.2. The number of hydrogen-bond donors (Lipinski definition) is 1. The molecule has 0 radical (unpaired) electrons. The van der Waals surface area contributed by atoms with E-state index >= 15 is 0 Å². The largest absolute Gasteiger partial charge is 0.496 e. The van der Waals surface area contributed by atoms with Gasteiger partial charge >= 0.3 is 0 Å². The van der Waals surface area contributed by atoms with Gasteiger partial charge in [0.1, 0.15) is 5.75 Å². The molecule has 0 saturated carbocycles. The van der Waals surface area contributed by atoms with Gasteiger partial charge in [0.05, 0.1) is 7.11 Å². The van der Waals surface area contributed by atoms with Gasteiger partial charge in [-0.05, 0) is 54.6 Å². The molecule has 0 saturated heterocycles. The van der Waals surface area contributed by atoms with Crippen molar-refractivity contribution in [2.24, 2.45) is 5.73 Å². The third kappa shape index (κ3) is 3.64. The Labute approximate surface area is 127 Å². The summed E-state index contributed by atoms with van der Waals surface area (Å²) in [5.41, 5.74) is 11.3. The molecule has 0 spiro atoms. The number of rotatable bonds is 6. The smallest absolute Gasteiger partial charge is 0.122 e. The molecule has 0 fully saturated rings. The maximum Gasteiger partial charge on any atom is 0.122 e. The second-order valence-corrected chi connectivity index (χ2v) is 5.49. The van der Waals surface area contributed by atoms with Gasteiger partial charge in [-0.15, -0.1) is 0 Å². The molecule has 2 rings (SSSR count). The molecule has 0 bridgehead atoms. The van der Waals surface area contributed by atoms with Crippen LogP contribution in [0, 0.1) is 6.92 Å². The van der Waals surface area contributed by atoms with Crippen LogP contribution in [0.2, 0.25) is 0 Å². The standard InChI is InChI=1S/C19H25NO/c1-4-16-11-15(9-10-19(16)21-3)12-17(13-20)18-8-6-5-7-14(18)2/h5-11,17H,4,12-13,20H2,1-3H3. The molecule has 2 aromatic rings. The Kier molecular flexibility index (Phi) is 5.40. The summed E-state index contributed by atoms with van der Waals surface area (Å²) in [5, 5.41) is 0. The maximum absolute atomic E-state index is 6.02. The average molecular weight is 283 g/mol. The lowest BCUT2D eigenvalue weighted by molar-refractivity contribution is 0.410. The van der Waals surface area contributed by atoms with Crippen molar-refractivity contribution in [3.8, 4) is 5.75 Å². The average Bonchev–Trinajstić information content (AvgIpc) is 2.53. The number of ether oxygens (including phenoxy) is 1. The molecule has 0 aliphatic heterocycles. The van der Waals surface area contributed by atoms with Crippen LogP contribution in [0.4, 0.5) is 0 Å². The molecule has 112 valence electrons. The lowest BCUT2D eigenvalue weighted by Gasteiger charge is -2.18. The third-order valence-electron chi connectivity index (χ3n) is 4.12. The monoisotopic (exact) mass is 283 g/mol. The first-order valence-electron chi connectivity index (χ1n) is 7.61. The number of hydrogen-bond acceptors (Lipinski definition) is 2. The molecule has 2 N–H and O–H groups in total. The Balaban J connectivity index is 2.25. The van der Waals surface area contributed by atoms with E-state index in [4.69, 9.17) is 10.5 Å². The van der Waals surface area contributed by atoms with Crippen LogP contribution in [0.3, 0.4) is 0 Å². The second-order valence-electron chi connectivity index (χ2n) is 5.49. The van der Waals surface area contributed by atoms with Crippen LogP contribution in [0.25, 0.3) is 0 Å². The Morgan fingerprint density at radius 1 is 1.14 bits per heavy atom. The van der Waals surface area contributed by atoms with Crippen LogP contribution in [0.1, 0.15) is 35.1 Å². The third-order valence-corrected chi connectivity index (χ3v) is 4.12. The second kappa shape index (κ2) is 7.28. The van der Waals surface area contributed by atoms with Crippen molar-refractivity contribution in [3.05, 3.63) is 64.7 Å². The van der Waals surface area contributed by atoms with E-state index < -0.39 is 0 Å². The minimum atomic E-state index is 0.365. The number of methoxy groups -OCH3 is 1. The minimum absolute atomic E-state index is 0.365. The summed E-state index contributed by atoms with van der Waals surface area (Å²) in [5.74, 6) is 1.34. The highest BCUT2D eigenvalue weighted by Gasteiger charge is 2.13. The van der Waals surface area contributed by atoms with Crippen molar-refractivity contribution in [3.63, 3.8) is 0 Å². The Hall–Kier alpha value is -1.80. The van der Waals surface area contributed by atoms with Gasteiger partial charge in [0.2, 0.25) is 0 Å². The molecule has 2 heteroatoms. The van der Waals surface area contributed by atoms with E-state index in [-0.39, 0.29) is 0 Å². The summed E-state index contributed by atoms with van der Waals surface area (Å²) in [6, 6.07) is 15.0. The normalized spacial score (nSPS) is 12.2. The van der Waals surface area contributed by atoms with Crippen LogP contribution in [0.5, 0.6) is 5.75 Å². The van der Waals surface area contributed by atoms with Gasteiger partial charge in [0.25, 0.3) is 0 Å². The molecule has 1 unspecified atom stereocenters. The highest BCUT2D eigenvalue weighted by molar-refractivity contribution is 5.39. The minimum Gasteiger partial charge on any atom is -0.496 e. The Morgan fingerprint density at radius 2 is 1.90 bits per heavy atom. The van der Waals surface area contributed by atoms with Crippen molar-refractivity contribution in [2.75, 3.05) is 13.7 Å². The van der Waals surface area contributed by atoms with Crippen LogP contribution >= 0.6 is 0 Å². The van der Waals surface area contributed by atoms with E-state index in [0.29, 0.717) is 12.5 Å². The van der Waals surface area contributed by atoms with Gasteiger partial charge in [-0.2, -0.15) is 0 Å². The molecule has 0 aliphatic carbocycles. The molecule has 0 aliphatic rings. The number of benzene rings is 2. The van der Waals surface area contributed by atoms with Crippen molar-refractivity contribution in [1.82, 2.24) is 0 Å². The maximum atomic E-state index is 6.02. The molecular weight excluding hydrogens is 258 g/mol. The van der Waals surface area contributed by atoms with Gasteiger partial charge in [-0.25, -0.2) is 0 Å². The molecule has 2 nitrogen and oxygen atoms in total. The Morgan fingerprint density at radius 3 is 2.52 bits per heavy atom. The quantitative estimate of drug-likeness (QED) is 0.874. The predicted molar refractivity (Wildman–Crippen MR) is 89.1 cm³/mol. The molecule has 0 aromatic heterocycles. The number of nitrogens with two attached hydrogens (primary N) is 1. The van der Waals surface area contributed by atoms with Crippen LogP contribution < -0.4 is 10.5 Å². The van der Waals surface area contributed by atoms with Crippen LogP contribution in [-0.2, 0) is 12.8 Å². The summed E-state index contributed by atoms with van der Waals surface area (Å²) in [4.78, 5) is 0. The van der Waals surface area contributed by atoms with E-state index in [2.05, 4.69) is 56.3 Å². The topological polar surface area (TPSA) is 35.2 Å². The fraction of sp³-hybridized carbons (Fsp3) is 0.368. The molecule has 2 aromatic carbocycles. The molecule has 21 heavy (non-hydrogen) atoms. The lowest BCUT2D eigenvalue weighted by Crippen LogP contribution is -2.16. The summed E-state index contributed by atoms with van der Waals surface area (Å²) < 4.78 is 5.40. The molecule has 0 heterocycles. The van der Waals surface area contributed by atoms with E-state index in [1.54, 1.807) is 7.11 Å². The SMILES string of the molecule is CCc1cc(CC(CN)c2ccccc2C)ccc1OC. The molecule has 1 atom stereocenters. The van der Waals surface area contributed by atoms with Crippen LogP contribution in [-0.4, -0.2) is 13.7 Å². The first-order chi connectivity index (χ1) is 10.2. The van der Waals surface area contributed by atoms with Gasteiger partial charge < -0.3 is 10.5 Å². The zero-order valence-corrected chi connectivity index (χ0v) is 13.2. The first-order valence-corrected chi connectivity index (χ1v) is 7.61. The van der Waals surface area contributed by atoms with E-state index in [9.17, 15) is 0 Å². The number of aryl methyl sites for hydroxylation is 2. The highest BCUT2D eigenvalue weighted by Crippen LogP contribution is 2.26. The van der Waals surface area contributed by atoms with Crippen LogP contribution in [0.15, 0.2) is 42.5 Å². The van der Waals surface area contributed by atoms with Gasteiger partial charge in [-0.1, -0.05) is 43.3 Å². The lowest BCUT2D eigenvalue weighted by atomic mass is 9.88.